The highest BCUT2D eigenvalue weighted by Gasteiger charge is 1.96. The zero-order valence-corrected chi connectivity index (χ0v) is 10.7. The average Bonchev–Trinajstić information content (AvgIpc) is 2.37. The summed E-state index contributed by atoms with van der Waals surface area (Å²) in [4.78, 5) is 0. The summed E-state index contributed by atoms with van der Waals surface area (Å²) in [5.74, 6) is 0.937. The van der Waals surface area contributed by atoms with Crippen molar-refractivity contribution in [3.63, 3.8) is 0 Å². The Bertz CT molecular complexity index is 551. The molecule has 19 heavy (non-hydrogen) atoms. The number of hydrogen-bond acceptors (Lipinski definition) is 3. The van der Waals surface area contributed by atoms with E-state index in [4.69, 9.17) is 4.74 Å². The Morgan fingerprint density at radius 2 is 1.47 bits per heavy atom. The van der Waals surface area contributed by atoms with Gasteiger partial charge in [0.25, 0.3) is 0 Å². The maximum atomic E-state index is 9.38. The first-order chi connectivity index (χ1) is 9.17. The molecular formula is C16H16O3. The van der Waals surface area contributed by atoms with Gasteiger partial charge in [-0.2, -0.15) is 0 Å². The van der Waals surface area contributed by atoms with Gasteiger partial charge in [0.2, 0.25) is 0 Å². The van der Waals surface area contributed by atoms with Crippen molar-refractivity contribution in [2.45, 2.75) is 6.92 Å². The van der Waals surface area contributed by atoms with E-state index in [0.717, 1.165) is 16.9 Å². The highest BCUT2D eigenvalue weighted by molar-refractivity contribution is 5.71. The van der Waals surface area contributed by atoms with E-state index in [1.54, 1.807) is 12.1 Å². The van der Waals surface area contributed by atoms with Crippen LogP contribution in [0.4, 0.5) is 0 Å². The Morgan fingerprint density at radius 1 is 0.895 bits per heavy atom. The van der Waals surface area contributed by atoms with Crippen molar-refractivity contribution in [2.75, 3.05) is 6.61 Å². The van der Waals surface area contributed by atoms with E-state index >= 15 is 0 Å². The van der Waals surface area contributed by atoms with Gasteiger partial charge in [-0.05, 0) is 42.3 Å². The van der Waals surface area contributed by atoms with Crippen LogP contribution in [0, 0.1) is 0 Å². The van der Waals surface area contributed by atoms with E-state index in [1.807, 2.05) is 43.3 Å². The van der Waals surface area contributed by atoms with Gasteiger partial charge in [0.05, 0.1) is 6.61 Å². The van der Waals surface area contributed by atoms with Gasteiger partial charge in [0.15, 0.2) is 0 Å². The second-order valence-corrected chi connectivity index (χ2v) is 4.12. The summed E-state index contributed by atoms with van der Waals surface area (Å²) >= 11 is 0. The molecule has 0 unspecified atom stereocenters. The Balaban J connectivity index is 2.13. The van der Waals surface area contributed by atoms with Crippen LogP contribution >= 0.6 is 0 Å². The van der Waals surface area contributed by atoms with Crippen LogP contribution in [0.5, 0.6) is 17.2 Å². The van der Waals surface area contributed by atoms with Gasteiger partial charge in [-0.15, -0.1) is 0 Å². The van der Waals surface area contributed by atoms with Gasteiger partial charge in [0, 0.05) is 6.07 Å². The molecule has 0 fully saturated rings. The number of hydrogen-bond donors (Lipinski definition) is 2. The van der Waals surface area contributed by atoms with E-state index in [1.165, 1.54) is 6.07 Å². The van der Waals surface area contributed by atoms with Crippen LogP contribution in [0.15, 0.2) is 42.5 Å². The van der Waals surface area contributed by atoms with E-state index < -0.39 is 0 Å². The van der Waals surface area contributed by atoms with Gasteiger partial charge in [-0.25, -0.2) is 0 Å². The predicted octanol–water partition coefficient (Wildman–Crippen LogP) is 3.67. The van der Waals surface area contributed by atoms with Crippen molar-refractivity contribution in [1.82, 2.24) is 0 Å². The molecule has 0 aliphatic rings. The molecule has 3 nitrogen and oxygen atoms in total. The quantitative estimate of drug-likeness (QED) is 0.821. The first-order valence-electron chi connectivity index (χ1n) is 6.11. The molecule has 0 heterocycles. The first kappa shape index (κ1) is 13.0. The molecule has 2 N–H and O–H groups in total. The van der Waals surface area contributed by atoms with E-state index in [9.17, 15) is 10.2 Å². The molecule has 0 radical (unpaired) electrons. The lowest BCUT2D eigenvalue weighted by Crippen LogP contribution is -1.90. The lowest BCUT2D eigenvalue weighted by atomic mass is 10.1. The minimum atomic E-state index is 0.0475. The lowest BCUT2D eigenvalue weighted by Gasteiger charge is -2.02. The lowest BCUT2D eigenvalue weighted by molar-refractivity contribution is 0.340. The number of phenolic OH excluding ortho intramolecular Hbond substituents is 2. The molecule has 0 aromatic heterocycles. The molecule has 2 aromatic rings. The fourth-order valence-electron chi connectivity index (χ4n) is 1.75. The third kappa shape index (κ3) is 3.78. The second-order valence-electron chi connectivity index (χ2n) is 4.12. The van der Waals surface area contributed by atoms with Crippen molar-refractivity contribution < 1.29 is 14.9 Å². The van der Waals surface area contributed by atoms with Crippen molar-refractivity contribution in [3.8, 4) is 17.2 Å². The third-order valence-electron chi connectivity index (χ3n) is 2.58. The molecule has 0 atom stereocenters. The maximum absolute atomic E-state index is 9.38. The van der Waals surface area contributed by atoms with Crippen LogP contribution in [-0.4, -0.2) is 16.8 Å². The predicted molar refractivity (Wildman–Crippen MR) is 76.3 cm³/mol. The van der Waals surface area contributed by atoms with Crippen LogP contribution in [-0.2, 0) is 0 Å². The molecule has 0 saturated heterocycles. The summed E-state index contributed by atoms with van der Waals surface area (Å²) in [6, 6.07) is 12.2. The molecule has 0 amide bonds. The molecule has 3 heteroatoms. The summed E-state index contributed by atoms with van der Waals surface area (Å²) in [5, 5.41) is 18.8. The van der Waals surface area contributed by atoms with Crippen LogP contribution in [0.25, 0.3) is 12.2 Å². The molecule has 0 aliphatic carbocycles. The molecular weight excluding hydrogens is 240 g/mol. The number of benzene rings is 2. The minimum Gasteiger partial charge on any atom is -0.508 e. The van der Waals surface area contributed by atoms with Crippen LogP contribution < -0.4 is 4.74 Å². The first-order valence-corrected chi connectivity index (χ1v) is 6.11. The molecule has 0 bridgehead atoms. The molecule has 2 aromatic carbocycles. The number of aromatic hydroxyl groups is 2. The topological polar surface area (TPSA) is 49.7 Å². The largest absolute Gasteiger partial charge is 0.508 e. The zero-order valence-electron chi connectivity index (χ0n) is 10.7. The van der Waals surface area contributed by atoms with Crippen molar-refractivity contribution in [2.24, 2.45) is 0 Å². The summed E-state index contributed by atoms with van der Waals surface area (Å²) < 4.78 is 5.36. The fraction of sp³-hybridized carbons (Fsp3) is 0.125. The third-order valence-corrected chi connectivity index (χ3v) is 2.58. The summed E-state index contributed by atoms with van der Waals surface area (Å²) in [6.45, 7) is 2.60. The van der Waals surface area contributed by atoms with E-state index in [2.05, 4.69) is 0 Å². The van der Waals surface area contributed by atoms with E-state index in [-0.39, 0.29) is 11.5 Å². The summed E-state index contributed by atoms with van der Waals surface area (Å²) in [7, 11) is 0. The zero-order chi connectivity index (χ0) is 13.7. The second kappa shape index (κ2) is 5.96. The monoisotopic (exact) mass is 256 g/mol. The summed E-state index contributed by atoms with van der Waals surface area (Å²) in [5.41, 5.74) is 1.76. The fourth-order valence-corrected chi connectivity index (χ4v) is 1.75. The summed E-state index contributed by atoms with van der Waals surface area (Å²) in [6.07, 6.45) is 3.74. The Kier molecular flexibility index (Phi) is 4.08. The standard InChI is InChI=1S/C16H16O3/c1-2-19-16-7-5-12(6-8-16)3-4-13-9-14(17)11-15(18)10-13/h3-11,17-18H,2H2,1H3. The van der Waals surface area contributed by atoms with Crippen LogP contribution in [0.3, 0.4) is 0 Å². The SMILES string of the molecule is CCOc1ccc(C=Cc2cc(O)cc(O)c2)cc1. The van der Waals surface area contributed by atoms with Crippen molar-refractivity contribution in [3.05, 3.63) is 53.6 Å². The van der Waals surface area contributed by atoms with E-state index in [0.29, 0.717) is 6.61 Å². The molecule has 2 rings (SSSR count). The van der Waals surface area contributed by atoms with Gasteiger partial charge >= 0.3 is 0 Å². The number of rotatable bonds is 4. The highest BCUT2D eigenvalue weighted by Crippen LogP contribution is 2.22. The van der Waals surface area contributed by atoms with Gasteiger partial charge in [0.1, 0.15) is 17.2 Å². The normalized spacial score (nSPS) is 10.8. The maximum Gasteiger partial charge on any atom is 0.119 e. The smallest absolute Gasteiger partial charge is 0.119 e. The van der Waals surface area contributed by atoms with Crippen molar-refractivity contribution in [1.29, 1.82) is 0 Å². The van der Waals surface area contributed by atoms with Gasteiger partial charge in [-0.3, -0.25) is 0 Å². The molecule has 98 valence electrons. The Labute approximate surface area is 112 Å². The average molecular weight is 256 g/mol. The van der Waals surface area contributed by atoms with Gasteiger partial charge in [-0.1, -0.05) is 24.3 Å². The minimum absolute atomic E-state index is 0.0475. The molecule has 0 aliphatic heterocycles. The Morgan fingerprint density at radius 3 is 2.05 bits per heavy atom. The molecule has 0 saturated carbocycles. The number of phenols is 2. The Hall–Kier alpha value is -2.42. The number of ether oxygens (including phenoxy) is 1. The van der Waals surface area contributed by atoms with Crippen LogP contribution in [0.2, 0.25) is 0 Å². The van der Waals surface area contributed by atoms with Gasteiger partial charge < -0.3 is 14.9 Å². The van der Waals surface area contributed by atoms with Crippen LogP contribution in [0.1, 0.15) is 18.1 Å². The van der Waals surface area contributed by atoms with Crippen molar-refractivity contribution >= 4 is 12.2 Å². The highest BCUT2D eigenvalue weighted by atomic mass is 16.5. The molecule has 0 spiro atoms.